The summed E-state index contributed by atoms with van der Waals surface area (Å²) in [6.07, 6.45) is 9.17. The van der Waals surface area contributed by atoms with Gasteiger partial charge in [0.15, 0.2) is 0 Å². The maximum atomic E-state index is 2.57. The second-order valence-electron chi connectivity index (χ2n) is 16.5. The third-order valence-corrected chi connectivity index (χ3v) is 12.8. The number of anilines is 5. The van der Waals surface area contributed by atoms with Crippen molar-refractivity contribution in [2.24, 2.45) is 0 Å². The minimum Gasteiger partial charge on any atom is -0.333 e. The number of allylic oxidation sites excluding steroid dienone is 2. The number of rotatable bonds is 7. The van der Waals surface area contributed by atoms with E-state index in [9.17, 15) is 0 Å². The van der Waals surface area contributed by atoms with E-state index < -0.39 is 0 Å². The van der Waals surface area contributed by atoms with E-state index >= 15 is 0 Å². The van der Waals surface area contributed by atoms with Crippen LogP contribution in [0.2, 0.25) is 0 Å². The van der Waals surface area contributed by atoms with Gasteiger partial charge in [0, 0.05) is 45.3 Å². The van der Waals surface area contributed by atoms with E-state index in [-0.39, 0.29) is 17.4 Å². The highest BCUT2D eigenvalue weighted by molar-refractivity contribution is 5.91. The standard InChI is InChI=1S/C57H44N2/c1-57(2)51-27-12-9-24-48(51)49-36-35-45(38-52(49)57)58(44-22-15-21-42(37-44)39-17-5-3-6-18-39)43-33-31-41(32-34-43)46-23-10-13-28-53(46)59-54-29-14-11-25-50(54)56-47(26-16-30-55(56)59)40-19-7-4-8-20-40/h3-38,50,54H,1-2H3. The molecule has 1 aliphatic heterocycles. The van der Waals surface area contributed by atoms with Crippen molar-refractivity contribution in [3.05, 3.63) is 235 Å². The van der Waals surface area contributed by atoms with E-state index in [1.54, 1.807) is 0 Å². The van der Waals surface area contributed by atoms with Crippen molar-refractivity contribution in [1.82, 2.24) is 0 Å². The molecule has 2 nitrogen and oxygen atoms in total. The van der Waals surface area contributed by atoms with Crippen LogP contribution in [0.15, 0.2) is 218 Å². The lowest BCUT2D eigenvalue weighted by Crippen LogP contribution is -2.28. The number of nitrogens with zero attached hydrogens (tertiary/aromatic N) is 2. The lowest BCUT2D eigenvalue weighted by Gasteiger charge is -2.31. The largest absolute Gasteiger partial charge is 0.333 e. The molecule has 0 spiro atoms. The summed E-state index contributed by atoms with van der Waals surface area (Å²) in [6, 6.07) is 71.5. The normalized spacial score (nSPS) is 16.6. The monoisotopic (exact) mass is 756 g/mol. The van der Waals surface area contributed by atoms with E-state index in [0.29, 0.717) is 0 Å². The molecule has 8 aromatic carbocycles. The van der Waals surface area contributed by atoms with Crippen LogP contribution in [0.25, 0.3) is 44.5 Å². The van der Waals surface area contributed by atoms with E-state index in [2.05, 4.69) is 242 Å². The first-order valence-electron chi connectivity index (χ1n) is 20.8. The molecule has 0 amide bonds. The van der Waals surface area contributed by atoms with Crippen molar-refractivity contribution in [3.8, 4) is 44.5 Å². The number of benzene rings is 8. The molecular weight excluding hydrogens is 713 g/mol. The molecule has 0 N–H and O–H groups in total. The van der Waals surface area contributed by atoms with Gasteiger partial charge in [0.25, 0.3) is 0 Å². The van der Waals surface area contributed by atoms with Gasteiger partial charge in [-0.2, -0.15) is 0 Å². The first-order valence-corrected chi connectivity index (χ1v) is 20.8. The summed E-state index contributed by atoms with van der Waals surface area (Å²) in [6.45, 7) is 4.72. The Balaban J connectivity index is 1.02. The fourth-order valence-corrected chi connectivity index (χ4v) is 9.99. The molecule has 59 heavy (non-hydrogen) atoms. The third kappa shape index (κ3) is 5.78. The van der Waals surface area contributed by atoms with E-state index in [4.69, 9.17) is 0 Å². The highest BCUT2D eigenvalue weighted by Crippen LogP contribution is 2.54. The number of hydrogen-bond donors (Lipinski definition) is 0. The van der Waals surface area contributed by atoms with Crippen LogP contribution >= 0.6 is 0 Å². The van der Waals surface area contributed by atoms with Gasteiger partial charge >= 0.3 is 0 Å². The Morgan fingerprint density at radius 2 is 0.983 bits per heavy atom. The lowest BCUT2D eigenvalue weighted by atomic mass is 9.82. The lowest BCUT2D eigenvalue weighted by molar-refractivity contribution is 0.660. The van der Waals surface area contributed by atoms with Crippen molar-refractivity contribution in [3.63, 3.8) is 0 Å². The van der Waals surface area contributed by atoms with Gasteiger partial charge < -0.3 is 9.80 Å². The second kappa shape index (κ2) is 14.0. The third-order valence-electron chi connectivity index (χ3n) is 12.8. The Labute approximate surface area is 347 Å². The van der Waals surface area contributed by atoms with Gasteiger partial charge in [-0.05, 0) is 104 Å². The van der Waals surface area contributed by atoms with Crippen molar-refractivity contribution in [1.29, 1.82) is 0 Å². The quantitative estimate of drug-likeness (QED) is 0.160. The fraction of sp³-hybridized carbons (Fsp3) is 0.0877. The Morgan fingerprint density at radius 1 is 0.407 bits per heavy atom. The average Bonchev–Trinajstić information content (AvgIpc) is 3.76. The van der Waals surface area contributed by atoms with Crippen molar-refractivity contribution in [2.45, 2.75) is 31.2 Å². The van der Waals surface area contributed by atoms with Crippen molar-refractivity contribution < 1.29 is 0 Å². The van der Waals surface area contributed by atoms with Crippen molar-refractivity contribution >= 4 is 28.4 Å². The van der Waals surface area contributed by atoms with E-state index in [1.807, 2.05) is 0 Å². The zero-order chi connectivity index (χ0) is 39.5. The van der Waals surface area contributed by atoms with Crippen LogP contribution in [0.5, 0.6) is 0 Å². The van der Waals surface area contributed by atoms with Crippen LogP contribution in [0.4, 0.5) is 28.4 Å². The van der Waals surface area contributed by atoms with Crippen LogP contribution in [0, 0.1) is 0 Å². The summed E-state index contributed by atoms with van der Waals surface area (Å²) < 4.78 is 0. The molecule has 3 aliphatic rings. The zero-order valence-corrected chi connectivity index (χ0v) is 33.3. The molecule has 2 unspecified atom stereocenters. The molecule has 0 saturated heterocycles. The van der Waals surface area contributed by atoms with Gasteiger partial charge in [-0.25, -0.2) is 0 Å². The topological polar surface area (TPSA) is 6.48 Å². The summed E-state index contributed by atoms with van der Waals surface area (Å²) in [4.78, 5) is 4.99. The molecule has 1 heterocycles. The number of para-hydroxylation sites is 1. The van der Waals surface area contributed by atoms with Gasteiger partial charge in [0.2, 0.25) is 0 Å². The van der Waals surface area contributed by atoms with E-state index in [0.717, 1.165) is 17.1 Å². The van der Waals surface area contributed by atoms with Crippen LogP contribution in [0.1, 0.15) is 36.5 Å². The van der Waals surface area contributed by atoms with Crippen LogP contribution < -0.4 is 9.80 Å². The highest BCUT2D eigenvalue weighted by Gasteiger charge is 2.40. The number of hydrogen-bond acceptors (Lipinski definition) is 2. The smallest absolute Gasteiger partial charge is 0.0630 e. The molecule has 11 rings (SSSR count). The molecule has 2 aliphatic carbocycles. The predicted molar refractivity (Wildman–Crippen MR) is 248 cm³/mol. The predicted octanol–water partition coefficient (Wildman–Crippen LogP) is 15.2. The molecular formula is C57H44N2. The Morgan fingerprint density at radius 3 is 1.80 bits per heavy atom. The van der Waals surface area contributed by atoms with Crippen LogP contribution in [-0.4, -0.2) is 6.04 Å². The first kappa shape index (κ1) is 35.0. The molecule has 0 radical (unpaired) electrons. The first-order chi connectivity index (χ1) is 29.0. The van der Waals surface area contributed by atoms with Crippen molar-refractivity contribution in [2.75, 3.05) is 9.80 Å². The second-order valence-corrected chi connectivity index (χ2v) is 16.5. The molecule has 0 aromatic heterocycles. The average molecular weight is 757 g/mol. The van der Waals surface area contributed by atoms with E-state index in [1.165, 1.54) is 72.6 Å². The fourth-order valence-electron chi connectivity index (χ4n) is 9.99. The van der Waals surface area contributed by atoms with Gasteiger partial charge in [-0.3, -0.25) is 0 Å². The Kier molecular flexibility index (Phi) is 8.34. The van der Waals surface area contributed by atoms with Gasteiger partial charge in [-0.1, -0.05) is 184 Å². The zero-order valence-electron chi connectivity index (χ0n) is 33.3. The summed E-state index contributed by atoms with van der Waals surface area (Å²) in [5, 5.41) is 0. The van der Waals surface area contributed by atoms with Gasteiger partial charge in [-0.15, -0.1) is 0 Å². The highest BCUT2D eigenvalue weighted by atomic mass is 15.2. The SMILES string of the molecule is CC1(C)c2ccccc2-c2ccc(N(c3ccc(-c4ccccc4N4c5cccc(-c6ccccc6)c5C5C=CC=CC54)cc3)c3cccc(-c4ccccc4)c3)cc21. The molecule has 2 atom stereocenters. The summed E-state index contributed by atoms with van der Waals surface area (Å²) in [7, 11) is 0. The molecule has 2 heteroatoms. The minimum absolute atomic E-state index is 0.106. The summed E-state index contributed by atoms with van der Waals surface area (Å²) >= 11 is 0. The Bertz CT molecular complexity index is 2920. The molecule has 0 bridgehead atoms. The minimum atomic E-state index is -0.106. The van der Waals surface area contributed by atoms with Gasteiger partial charge in [0.1, 0.15) is 0 Å². The molecule has 8 aromatic rings. The van der Waals surface area contributed by atoms with Crippen LogP contribution in [-0.2, 0) is 5.41 Å². The molecule has 282 valence electrons. The Hall–Kier alpha value is -7.16. The number of fused-ring (bicyclic) bond motifs is 6. The summed E-state index contributed by atoms with van der Waals surface area (Å²) in [5.74, 6) is 0.257. The molecule has 0 fully saturated rings. The maximum Gasteiger partial charge on any atom is 0.0630 e. The summed E-state index contributed by atoms with van der Waals surface area (Å²) in [5.41, 5.74) is 19.9. The van der Waals surface area contributed by atoms with Gasteiger partial charge in [0.05, 0.1) is 6.04 Å². The maximum absolute atomic E-state index is 2.57. The van der Waals surface area contributed by atoms with Crippen LogP contribution in [0.3, 0.4) is 0 Å². The molecule has 0 saturated carbocycles.